The first-order valence-electron chi connectivity index (χ1n) is 9.46. The Labute approximate surface area is 164 Å². The summed E-state index contributed by atoms with van der Waals surface area (Å²) in [6, 6.07) is 9.88. The first-order chi connectivity index (χ1) is 13.4. The Balaban J connectivity index is 1.68. The van der Waals surface area contributed by atoms with Crippen LogP contribution in [0, 0.1) is 0 Å². The molecule has 1 heterocycles. The van der Waals surface area contributed by atoms with Crippen LogP contribution < -0.4 is 5.32 Å². The molecule has 4 atom stereocenters. The zero-order chi connectivity index (χ0) is 20.1. The topological polar surface area (TPSA) is 122 Å². The molecule has 0 saturated carbocycles. The Morgan fingerprint density at radius 1 is 1.25 bits per heavy atom. The summed E-state index contributed by atoms with van der Waals surface area (Å²) in [7, 11) is 0. The van der Waals surface area contributed by atoms with Crippen molar-refractivity contribution in [2.24, 2.45) is 0 Å². The zero-order valence-electron chi connectivity index (χ0n) is 15.7. The molecule has 1 aromatic carbocycles. The number of carbonyl (C=O) groups excluding carboxylic acids is 1. The van der Waals surface area contributed by atoms with E-state index in [9.17, 15) is 25.2 Å². The number of carbonyl (C=O) groups is 1. The summed E-state index contributed by atoms with van der Waals surface area (Å²) in [5.41, 5.74) is 0.545. The maximum Gasteiger partial charge on any atom is 0.247 e. The summed E-state index contributed by atoms with van der Waals surface area (Å²) >= 11 is 0. The fourth-order valence-corrected chi connectivity index (χ4v) is 3.65. The summed E-state index contributed by atoms with van der Waals surface area (Å²) in [5, 5.41) is 42.1. The maximum absolute atomic E-state index is 12.5. The average molecular weight is 392 g/mol. The van der Waals surface area contributed by atoms with E-state index >= 15 is 0 Å². The van der Waals surface area contributed by atoms with Gasteiger partial charge in [0.25, 0.3) is 0 Å². The lowest BCUT2D eigenvalue weighted by atomic mass is 9.91. The molecule has 3 rings (SSSR count). The predicted molar refractivity (Wildman–Crippen MR) is 101 cm³/mol. The molecule has 0 aromatic heterocycles. The van der Waals surface area contributed by atoms with Crippen LogP contribution in [-0.4, -0.2) is 88.0 Å². The van der Waals surface area contributed by atoms with Gasteiger partial charge in [0.05, 0.1) is 31.5 Å². The molecule has 8 nitrogen and oxygen atoms in total. The minimum absolute atomic E-state index is 0.0413. The number of hydrogen-bond donors (Lipinski definition) is 5. The molecule has 8 heteroatoms. The second-order valence-corrected chi connectivity index (χ2v) is 7.47. The molecule has 5 N–H and O–H groups in total. The number of aliphatic hydroxyl groups excluding tert-OH is 4. The maximum atomic E-state index is 12.5. The van der Waals surface area contributed by atoms with Crippen LogP contribution in [0.4, 0.5) is 0 Å². The summed E-state index contributed by atoms with van der Waals surface area (Å²) in [6.45, 7) is 2.03. The minimum atomic E-state index is -1.30. The zero-order valence-corrected chi connectivity index (χ0v) is 15.7. The Kier molecular flexibility index (Phi) is 6.82. The minimum Gasteiger partial charge on any atom is -0.394 e. The summed E-state index contributed by atoms with van der Waals surface area (Å²) < 4.78 is 5.59. The van der Waals surface area contributed by atoms with Crippen molar-refractivity contribution in [3.8, 4) is 0 Å². The van der Waals surface area contributed by atoms with Gasteiger partial charge in [-0.2, -0.15) is 0 Å². The van der Waals surface area contributed by atoms with Crippen LogP contribution in [0.15, 0.2) is 42.0 Å². The Hall–Kier alpha value is -1.81. The third-order valence-corrected chi connectivity index (χ3v) is 5.47. The third kappa shape index (κ3) is 4.60. The smallest absolute Gasteiger partial charge is 0.247 e. The van der Waals surface area contributed by atoms with E-state index in [0.717, 1.165) is 5.56 Å². The highest BCUT2D eigenvalue weighted by atomic mass is 16.5. The number of benzene rings is 1. The lowest BCUT2D eigenvalue weighted by Crippen LogP contribution is -2.64. The number of aliphatic hydroxyl groups is 4. The second-order valence-electron chi connectivity index (χ2n) is 7.47. The lowest BCUT2D eigenvalue weighted by molar-refractivity contribution is -0.123. The van der Waals surface area contributed by atoms with Crippen LogP contribution in [0.1, 0.15) is 12.0 Å². The van der Waals surface area contributed by atoms with Crippen molar-refractivity contribution in [2.45, 2.75) is 36.8 Å². The third-order valence-electron chi connectivity index (χ3n) is 5.47. The molecule has 0 radical (unpaired) electrons. The van der Waals surface area contributed by atoms with E-state index in [4.69, 9.17) is 4.74 Å². The highest BCUT2D eigenvalue weighted by Gasteiger charge is 2.40. The molecule has 1 unspecified atom stereocenters. The highest BCUT2D eigenvalue weighted by molar-refractivity contribution is 5.93. The largest absolute Gasteiger partial charge is 0.394 e. The van der Waals surface area contributed by atoms with Gasteiger partial charge in [-0.3, -0.25) is 9.69 Å². The number of rotatable bonds is 6. The highest BCUT2D eigenvalue weighted by Crippen LogP contribution is 2.23. The van der Waals surface area contributed by atoms with E-state index in [0.29, 0.717) is 19.7 Å². The molecule has 0 bridgehead atoms. The van der Waals surface area contributed by atoms with Crippen LogP contribution in [0.3, 0.4) is 0 Å². The molecule has 1 saturated heterocycles. The van der Waals surface area contributed by atoms with E-state index in [1.54, 1.807) is 0 Å². The summed E-state index contributed by atoms with van der Waals surface area (Å²) in [5.74, 6) is -0.442. The van der Waals surface area contributed by atoms with Gasteiger partial charge in [-0.15, -0.1) is 0 Å². The normalized spacial score (nSPS) is 31.3. The Morgan fingerprint density at radius 3 is 2.68 bits per heavy atom. The predicted octanol–water partition coefficient (Wildman–Crippen LogP) is -1.22. The van der Waals surface area contributed by atoms with E-state index in [-0.39, 0.29) is 31.8 Å². The molecular formula is C20H28N2O6. The van der Waals surface area contributed by atoms with Crippen molar-refractivity contribution < 1.29 is 30.0 Å². The van der Waals surface area contributed by atoms with E-state index in [2.05, 4.69) is 10.2 Å². The van der Waals surface area contributed by atoms with Gasteiger partial charge in [0.2, 0.25) is 5.91 Å². The fraction of sp³-hybridized carbons (Fsp3) is 0.550. The molecule has 1 aromatic rings. The molecule has 1 amide bonds. The van der Waals surface area contributed by atoms with Crippen LogP contribution in [-0.2, 0) is 16.1 Å². The molecule has 2 aliphatic rings. The number of amides is 1. The van der Waals surface area contributed by atoms with Gasteiger partial charge >= 0.3 is 0 Å². The van der Waals surface area contributed by atoms with Crippen molar-refractivity contribution in [2.75, 3.05) is 32.9 Å². The van der Waals surface area contributed by atoms with Gasteiger partial charge in [0.15, 0.2) is 0 Å². The number of ether oxygens (including phenoxy) is 1. The van der Waals surface area contributed by atoms with Gasteiger partial charge < -0.3 is 30.5 Å². The van der Waals surface area contributed by atoms with Gasteiger partial charge in [-0.25, -0.2) is 0 Å². The Morgan fingerprint density at radius 2 is 2.00 bits per heavy atom. The van der Waals surface area contributed by atoms with Crippen molar-refractivity contribution in [3.05, 3.63) is 47.5 Å². The summed E-state index contributed by atoms with van der Waals surface area (Å²) in [4.78, 5) is 14.6. The van der Waals surface area contributed by atoms with Gasteiger partial charge in [-0.1, -0.05) is 30.3 Å². The van der Waals surface area contributed by atoms with Gasteiger partial charge in [0, 0.05) is 31.6 Å². The van der Waals surface area contributed by atoms with Crippen LogP contribution in [0.5, 0.6) is 0 Å². The number of nitrogens with zero attached hydrogens (tertiary/aromatic N) is 1. The SMILES string of the molecule is O=C(NCC1(CO)COCCN1Cc1ccccc1)C1=C[C@@H](O)[C@@H](O)[C@H](O)C1. The van der Waals surface area contributed by atoms with Gasteiger partial charge in [0.1, 0.15) is 12.2 Å². The van der Waals surface area contributed by atoms with Crippen LogP contribution >= 0.6 is 0 Å². The van der Waals surface area contributed by atoms with E-state index in [1.807, 2.05) is 30.3 Å². The van der Waals surface area contributed by atoms with Gasteiger partial charge in [-0.05, 0) is 11.6 Å². The van der Waals surface area contributed by atoms with E-state index in [1.165, 1.54) is 6.08 Å². The van der Waals surface area contributed by atoms with Crippen molar-refractivity contribution >= 4 is 5.91 Å². The fourth-order valence-electron chi connectivity index (χ4n) is 3.65. The van der Waals surface area contributed by atoms with Crippen molar-refractivity contribution in [3.63, 3.8) is 0 Å². The molecule has 1 aliphatic heterocycles. The van der Waals surface area contributed by atoms with Crippen molar-refractivity contribution in [1.82, 2.24) is 10.2 Å². The van der Waals surface area contributed by atoms with Crippen LogP contribution in [0.2, 0.25) is 0 Å². The molecule has 0 spiro atoms. The Bertz CT molecular complexity index is 697. The monoisotopic (exact) mass is 392 g/mol. The molecule has 28 heavy (non-hydrogen) atoms. The number of nitrogens with one attached hydrogen (secondary N) is 1. The molecule has 154 valence electrons. The molecule has 1 fully saturated rings. The van der Waals surface area contributed by atoms with Crippen LogP contribution in [0.25, 0.3) is 0 Å². The first kappa shape index (κ1) is 20.9. The van der Waals surface area contributed by atoms with E-state index < -0.39 is 29.8 Å². The number of morpholine rings is 1. The number of hydrogen-bond acceptors (Lipinski definition) is 7. The second kappa shape index (κ2) is 9.13. The lowest BCUT2D eigenvalue weighted by Gasteiger charge is -2.46. The average Bonchev–Trinajstić information content (AvgIpc) is 2.71. The standard InChI is InChI=1S/C20H28N2O6/c23-12-20(11-21-19(27)15-8-16(24)18(26)17(25)9-15)13-28-7-6-22(20)10-14-4-2-1-3-5-14/h1-5,8,16-18,23-26H,6-7,9-13H2,(H,21,27)/t16-,17-,18-,20?/m1/s1. The molecular weight excluding hydrogens is 364 g/mol. The first-order valence-corrected chi connectivity index (χ1v) is 9.46. The van der Waals surface area contributed by atoms with Crippen molar-refractivity contribution in [1.29, 1.82) is 0 Å². The summed E-state index contributed by atoms with van der Waals surface area (Å²) in [6.07, 6.45) is -2.56. The molecule has 1 aliphatic carbocycles. The quantitative estimate of drug-likeness (QED) is 0.411.